The summed E-state index contributed by atoms with van der Waals surface area (Å²) in [6, 6.07) is 6.17. The number of nitrogens with one attached hydrogen (secondary N) is 1. The second-order valence-electron chi connectivity index (χ2n) is 9.17. The molecule has 1 fully saturated rings. The summed E-state index contributed by atoms with van der Waals surface area (Å²) in [5.41, 5.74) is 5.50. The topological polar surface area (TPSA) is 132 Å². The van der Waals surface area contributed by atoms with Crippen molar-refractivity contribution in [1.29, 1.82) is 0 Å². The van der Waals surface area contributed by atoms with Crippen molar-refractivity contribution in [2.24, 2.45) is 5.73 Å². The van der Waals surface area contributed by atoms with Crippen LogP contribution in [0.25, 0.3) is 22.4 Å². The highest BCUT2D eigenvalue weighted by atomic mass is 19.4. The van der Waals surface area contributed by atoms with Crippen molar-refractivity contribution in [1.82, 2.24) is 24.8 Å². The molecule has 0 unspecified atom stereocenters. The Labute approximate surface area is 221 Å². The molecule has 4 aromatic rings. The molecule has 5 rings (SSSR count). The number of oxazole rings is 1. The number of fused-ring (bicyclic) bond motifs is 1. The molecule has 10 nitrogen and oxygen atoms in total. The van der Waals surface area contributed by atoms with E-state index in [-0.39, 0.29) is 40.6 Å². The molecule has 1 saturated heterocycles. The summed E-state index contributed by atoms with van der Waals surface area (Å²) in [6.07, 6.45) is 0.207. The van der Waals surface area contributed by atoms with Gasteiger partial charge in [-0.2, -0.15) is 13.2 Å². The van der Waals surface area contributed by atoms with E-state index in [0.29, 0.717) is 30.0 Å². The van der Waals surface area contributed by atoms with Crippen LogP contribution < -0.4 is 15.8 Å². The summed E-state index contributed by atoms with van der Waals surface area (Å²) in [4.78, 5) is 32.0. The number of hydrogen-bond acceptors (Lipinski definition) is 9. The van der Waals surface area contributed by atoms with Crippen molar-refractivity contribution < 1.29 is 27.1 Å². The number of benzene rings is 1. The normalized spacial score (nSPS) is 16.5. The Morgan fingerprint density at radius 1 is 1.23 bits per heavy atom. The summed E-state index contributed by atoms with van der Waals surface area (Å²) in [5, 5.41) is 3.48. The van der Waals surface area contributed by atoms with Crippen LogP contribution in [-0.4, -0.2) is 57.0 Å². The molecule has 204 valence electrons. The van der Waals surface area contributed by atoms with Gasteiger partial charge in [0, 0.05) is 42.5 Å². The minimum absolute atomic E-state index is 0.00735. The van der Waals surface area contributed by atoms with Crippen molar-refractivity contribution in [2.45, 2.75) is 38.0 Å². The minimum atomic E-state index is -4.63. The van der Waals surface area contributed by atoms with Crippen LogP contribution in [0.15, 0.2) is 47.1 Å². The molecule has 1 aliphatic heterocycles. The number of rotatable bonds is 7. The quantitative estimate of drug-likeness (QED) is 0.348. The number of ether oxygens (including phenoxy) is 1. The van der Waals surface area contributed by atoms with Gasteiger partial charge in [-0.3, -0.25) is 4.79 Å². The minimum Gasteiger partial charge on any atom is -0.494 e. The highest BCUT2D eigenvalue weighted by Gasteiger charge is 2.35. The number of likely N-dealkylation sites (tertiary alicyclic amines) is 1. The highest BCUT2D eigenvalue weighted by molar-refractivity contribution is 5.98. The Balaban J connectivity index is 1.50. The molecule has 3 aromatic heterocycles. The average Bonchev–Trinajstić information content (AvgIpc) is 3.58. The number of halogens is 3. The molecule has 39 heavy (non-hydrogen) atoms. The zero-order valence-electron chi connectivity index (χ0n) is 21.2. The third-order valence-electron chi connectivity index (χ3n) is 6.53. The van der Waals surface area contributed by atoms with Crippen LogP contribution in [0.3, 0.4) is 0 Å². The van der Waals surface area contributed by atoms with E-state index < -0.39 is 17.9 Å². The number of amides is 1. The van der Waals surface area contributed by atoms with Crippen molar-refractivity contribution >= 4 is 22.8 Å². The van der Waals surface area contributed by atoms with Gasteiger partial charge in [-0.1, -0.05) is 0 Å². The molecule has 0 bridgehead atoms. The third-order valence-corrected chi connectivity index (χ3v) is 6.53. The number of pyridine rings is 1. The van der Waals surface area contributed by atoms with E-state index in [1.54, 1.807) is 36.4 Å². The molecule has 0 aliphatic carbocycles. The van der Waals surface area contributed by atoms with E-state index in [4.69, 9.17) is 14.9 Å². The Bertz CT molecular complexity index is 1490. The number of alkyl halides is 3. The standard InChI is InChI=1S/C26H26F3N7O3/c1-14(30)22-21(24(37)36-12-3-5-15(36)13-33-25-31-10-4-11-32-25)35-23(39-22)17-6-8-18(38-2)20-16(17)7-9-19(34-20)26(27,28)29/h4,6-11,14-15H,3,5,12-13,30H2,1-2H3,(H,31,32,33)/t14-,15-/m0/s1. The fourth-order valence-corrected chi connectivity index (χ4v) is 4.66. The molecule has 1 amide bonds. The number of aromatic nitrogens is 4. The first-order chi connectivity index (χ1) is 18.7. The maximum atomic E-state index is 13.7. The Kier molecular flexibility index (Phi) is 7.08. The predicted octanol–water partition coefficient (Wildman–Crippen LogP) is 4.44. The van der Waals surface area contributed by atoms with Crippen molar-refractivity contribution in [2.75, 3.05) is 25.5 Å². The number of nitrogens with zero attached hydrogens (tertiary/aromatic N) is 5. The lowest BCUT2D eigenvalue weighted by Crippen LogP contribution is -2.40. The summed E-state index contributed by atoms with van der Waals surface area (Å²) in [6.45, 7) is 2.64. The monoisotopic (exact) mass is 541 g/mol. The summed E-state index contributed by atoms with van der Waals surface area (Å²) >= 11 is 0. The van der Waals surface area contributed by atoms with E-state index in [1.165, 1.54) is 19.2 Å². The fourth-order valence-electron chi connectivity index (χ4n) is 4.66. The van der Waals surface area contributed by atoms with Gasteiger partial charge in [0.15, 0.2) is 11.5 Å². The van der Waals surface area contributed by atoms with E-state index in [9.17, 15) is 18.0 Å². The lowest BCUT2D eigenvalue weighted by molar-refractivity contribution is -0.140. The Morgan fingerprint density at radius 3 is 2.69 bits per heavy atom. The molecular weight excluding hydrogens is 515 g/mol. The third kappa shape index (κ3) is 5.21. The van der Waals surface area contributed by atoms with Gasteiger partial charge in [0.1, 0.15) is 17.0 Å². The van der Waals surface area contributed by atoms with Gasteiger partial charge in [-0.05, 0) is 50.1 Å². The second kappa shape index (κ2) is 10.5. The number of carbonyl (C=O) groups is 1. The Morgan fingerprint density at radius 2 is 2.00 bits per heavy atom. The average molecular weight is 542 g/mol. The molecule has 0 saturated carbocycles. The van der Waals surface area contributed by atoms with Crippen molar-refractivity contribution in [3.8, 4) is 17.2 Å². The van der Waals surface area contributed by atoms with Crippen LogP contribution >= 0.6 is 0 Å². The number of methoxy groups -OCH3 is 1. The first-order valence-electron chi connectivity index (χ1n) is 12.3. The molecule has 3 N–H and O–H groups in total. The van der Waals surface area contributed by atoms with Crippen LogP contribution in [0.2, 0.25) is 0 Å². The van der Waals surface area contributed by atoms with Gasteiger partial charge in [0.05, 0.1) is 13.2 Å². The number of carbonyl (C=O) groups excluding carboxylic acids is 1. The summed E-state index contributed by atoms with van der Waals surface area (Å²) in [5.74, 6) is 0.511. The Hall–Kier alpha value is -4.26. The lowest BCUT2D eigenvalue weighted by atomic mass is 10.1. The maximum absolute atomic E-state index is 13.7. The SMILES string of the molecule is COc1ccc(-c2nc(C(=O)N3CCC[C@H]3CNc3ncccn3)c([C@H](C)N)o2)c2ccc(C(F)(F)F)nc12. The maximum Gasteiger partial charge on any atom is 0.433 e. The number of anilines is 1. The van der Waals surface area contributed by atoms with Crippen LogP contribution in [-0.2, 0) is 6.18 Å². The lowest BCUT2D eigenvalue weighted by Gasteiger charge is -2.24. The van der Waals surface area contributed by atoms with Gasteiger partial charge in [-0.25, -0.2) is 19.9 Å². The molecule has 1 aliphatic rings. The number of nitrogens with two attached hydrogens (primary N) is 1. The van der Waals surface area contributed by atoms with Gasteiger partial charge in [0.25, 0.3) is 5.91 Å². The molecule has 2 atom stereocenters. The van der Waals surface area contributed by atoms with Gasteiger partial charge in [-0.15, -0.1) is 0 Å². The smallest absolute Gasteiger partial charge is 0.433 e. The van der Waals surface area contributed by atoms with Gasteiger partial charge < -0.3 is 25.1 Å². The zero-order chi connectivity index (χ0) is 27.7. The molecule has 0 radical (unpaired) electrons. The molecule has 0 spiro atoms. The molecule has 4 heterocycles. The molecule has 13 heteroatoms. The summed E-state index contributed by atoms with van der Waals surface area (Å²) < 4.78 is 51.2. The van der Waals surface area contributed by atoms with Crippen LogP contribution in [0.1, 0.15) is 47.7 Å². The van der Waals surface area contributed by atoms with Gasteiger partial charge >= 0.3 is 6.18 Å². The van der Waals surface area contributed by atoms with E-state index in [1.807, 2.05) is 0 Å². The molecule has 1 aromatic carbocycles. The largest absolute Gasteiger partial charge is 0.494 e. The first-order valence-corrected chi connectivity index (χ1v) is 12.3. The van der Waals surface area contributed by atoms with Crippen molar-refractivity contribution in [3.05, 3.63) is 59.9 Å². The fraction of sp³-hybridized carbons (Fsp3) is 0.346. The van der Waals surface area contributed by atoms with Crippen LogP contribution in [0, 0.1) is 0 Å². The second-order valence-corrected chi connectivity index (χ2v) is 9.17. The zero-order valence-corrected chi connectivity index (χ0v) is 21.2. The van der Waals surface area contributed by atoms with E-state index in [2.05, 4.69) is 25.3 Å². The van der Waals surface area contributed by atoms with E-state index in [0.717, 1.165) is 18.9 Å². The summed E-state index contributed by atoms with van der Waals surface area (Å²) in [7, 11) is 1.34. The predicted molar refractivity (Wildman–Crippen MR) is 136 cm³/mol. The van der Waals surface area contributed by atoms with Crippen LogP contribution in [0.5, 0.6) is 5.75 Å². The van der Waals surface area contributed by atoms with Crippen LogP contribution in [0.4, 0.5) is 19.1 Å². The van der Waals surface area contributed by atoms with Gasteiger partial charge in [0.2, 0.25) is 11.8 Å². The molecular formula is C26H26F3N7O3. The van der Waals surface area contributed by atoms with E-state index >= 15 is 0 Å². The first kappa shape index (κ1) is 26.4. The number of hydrogen-bond donors (Lipinski definition) is 2. The highest BCUT2D eigenvalue weighted by Crippen LogP contribution is 2.37. The van der Waals surface area contributed by atoms with Crippen molar-refractivity contribution in [3.63, 3.8) is 0 Å².